The molecular formula is C12H18N2O3S2. The van der Waals surface area contributed by atoms with Crippen molar-refractivity contribution in [3.05, 3.63) is 23.8 Å². The van der Waals surface area contributed by atoms with Gasteiger partial charge in [-0.1, -0.05) is 26.1 Å². The molecule has 1 aromatic carbocycles. The lowest BCUT2D eigenvalue weighted by atomic mass is 10.2. The van der Waals surface area contributed by atoms with E-state index in [4.69, 9.17) is 22.7 Å². The first-order valence-corrected chi connectivity index (χ1v) is 7.64. The molecule has 7 heteroatoms. The maximum atomic E-state index is 12.1. The van der Waals surface area contributed by atoms with Crippen molar-refractivity contribution in [1.82, 2.24) is 4.72 Å². The lowest BCUT2D eigenvalue weighted by Gasteiger charge is -2.12. The van der Waals surface area contributed by atoms with Gasteiger partial charge in [0.2, 0.25) is 10.0 Å². The van der Waals surface area contributed by atoms with Crippen molar-refractivity contribution >= 4 is 27.2 Å². The molecular weight excluding hydrogens is 284 g/mol. The van der Waals surface area contributed by atoms with E-state index in [1.807, 2.05) is 13.8 Å². The summed E-state index contributed by atoms with van der Waals surface area (Å²) in [5, 5.41) is 0. The average molecular weight is 302 g/mol. The average Bonchev–Trinajstić information content (AvgIpc) is 2.35. The van der Waals surface area contributed by atoms with E-state index < -0.39 is 10.0 Å². The molecule has 106 valence electrons. The van der Waals surface area contributed by atoms with E-state index in [0.29, 0.717) is 17.9 Å². The molecule has 0 unspecified atom stereocenters. The second kappa shape index (κ2) is 6.31. The van der Waals surface area contributed by atoms with E-state index in [1.54, 1.807) is 6.07 Å². The van der Waals surface area contributed by atoms with Crippen LogP contribution >= 0.6 is 12.2 Å². The predicted molar refractivity (Wildman–Crippen MR) is 78.9 cm³/mol. The van der Waals surface area contributed by atoms with Crippen molar-refractivity contribution in [3.8, 4) is 5.75 Å². The number of nitrogens with one attached hydrogen (secondary N) is 1. The summed E-state index contributed by atoms with van der Waals surface area (Å²) in [4.78, 5) is 0.217. The summed E-state index contributed by atoms with van der Waals surface area (Å²) >= 11 is 4.89. The second-order valence-corrected chi connectivity index (χ2v) is 6.68. The SMILES string of the molecule is COc1ccc(S(=O)(=O)NCC(C)C)cc1C(N)=S. The number of hydrogen-bond donors (Lipinski definition) is 2. The minimum Gasteiger partial charge on any atom is -0.496 e. The molecule has 0 saturated heterocycles. The molecule has 5 nitrogen and oxygen atoms in total. The molecule has 1 rings (SSSR count). The summed E-state index contributed by atoms with van der Waals surface area (Å²) in [6.07, 6.45) is 0. The summed E-state index contributed by atoms with van der Waals surface area (Å²) in [5.74, 6) is 0.679. The van der Waals surface area contributed by atoms with E-state index >= 15 is 0 Å². The number of hydrogen-bond acceptors (Lipinski definition) is 4. The van der Waals surface area contributed by atoms with Crippen LogP contribution in [0.3, 0.4) is 0 Å². The monoisotopic (exact) mass is 302 g/mol. The quantitative estimate of drug-likeness (QED) is 0.773. The van der Waals surface area contributed by atoms with Crippen molar-refractivity contribution in [2.75, 3.05) is 13.7 Å². The van der Waals surface area contributed by atoms with Gasteiger partial charge in [-0.3, -0.25) is 0 Å². The van der Waals surface area contributed by atoms with Crippen LogP contribution in [-0.4, -0.2) is 27.1 Å². The molecule has 0 heterocycles. The van der Waals surface area contributed by atoms with Gasteiger partial charge in [0.15, 0.2) is 0 Å². The first-order valence-electron chi connectivity index (χ1n) is 5.75. The molecule has 3 N–H and O–H groups in total. The van der Waals surface area contributed by atoms with Crippen molar-refractivity contribution in [3.63, 3.8) is 0 Å². The third-order valence-corrected chi connectivity index (χ3v) is 4.07. The molecule has 1 aromatic rings. The topological polar surface area (TPSA) is 81.4 Å². The van der Waals surface area contributed by atoms with Crippen LogP contribution in [0.5, 0.6) is 5.75 Å². The van der Waals surface area contributed by atoms with E-state index in [-0.39, 0.29) is 15.8 Å². The van der Waals surface area contributed by atoms with Crippen LogP contribution in [0.2, 0.25) is 0 Å². The fourth-order valence-electron chi connectivity index (χ4n) is 1.41. The normalized spacial score (nSPS) is 11.6. The van der Waals surface area contributed by atoms with Crippen LogP contribution in [0.4, 0.5) is 0 Å². The highest BCUT2D eigenvalue weighted by atomic mass is 32.2. The Morgan fingerprint density at radius 1 is 1.47 bits per heavy atom. The second-order valence-electron chi connectivity index (χ2n) is 4.47. The maximum absolute atomic E-state index is 12.1. The Morgan fingerprint density at radius 2 is 2.11 bits per heavy atom. The van der Waals surface area contributed by atoms with Gasteiger partial charge in [0.25, 0.3) is 0 Å². The fourth-order valence-corrected chi connectivity index (χ4v) is 2.81. The Balaban J connectivity index is 3.14. The lowest BCUT2D eigenvalue weighted by Crippen LogP contribution is -2.27. The molecule has 0 saturated carbocycles. The zero-order valence-corrected chi connectivity index (χ0v) is 12.8. The molecule has 0 aliphatic carbocycles. The molecule has 0 amide bonds. The fraction of sp³-hybridized carbons (Fsp3) is 0.417. The van der Waals surface area contributed by atoms with Crippen LogP contribution in [0, 0.1) is 5.92 Å². The van der Waals surface area contributed by atoms with Crippen molar-refractivity contribution in [2.45, 2.75) is 18.7 Å². The van der Waals surface area contributed by atoms with Gasteiger partial charge in [0.05, 0.1) is 17.6 Å². The Hall–Kier alpha value is -1.18. The highest BCUT2D eigenvalue weighted by Crippen LogP contribution is 2.22. The van der Waals surface area contributed by atoms with E-state index in [0.717, 1.165) is 0 Å². The maximum Gasteiger partial charge on any atom is 0.240 e. The van der Waals surface area contributed by atoms with Gasteiger partial charge in [-0.05, 0) is 24.1 Å². The smallest absolute Gasteiger partial charge is 0.240 e. The molecule has 0 bridgehead atoms. The van der Waals surface area contributed by atoms with Crippen molar-refractivity contribution < 1.29 is 13.2 Å². The summed E-state index contributed by atoms with van der Waals surface area (Å²) in [5.41, 5.74) is 5.97. The lowest BCUT2D eigenvalue weighted by molar-refractivity contribution is 0.413. The van der Waals surface area contributed by atoms with Gasteiger partial charge in [-0.25, -0.2) is 13.1 Å². The Labute approximate surface area is 119 Å². The molecule has 0 radical (unpaired) electrons. The zero-order chi connectivity index (χ0) is 14.6. The summed E-state index contributed by atoms with van der Waals surface area (Å²) < 4.78 is 31.8. The summed E-state index contributed by atoms with van der Waals surface area (Å²) in [7, 11) is -2.08. The minimum atomic E-state index is -3.56. The highest BCUT2D eigenvalue weighted by molar-refractivity contribution is 7.89. The van der Waals surface area contributed by atoms with Crippen LogP contribution in [0.1, 0.15) is 19.4 Å². The number of sulfonamides is 1. The standard InChI is InChI=1S/C12H18N2O3S2/c1-8(2)7-14-19(15,16)9-4-5-11(17-3)10(6-9)12(13)18/h4-6,8,14H,7H2,1-3H3,(H2,13,18). The molecule has 0 fully saturated rings. The largest absolute Gasteiger partial charge is 0.496 e. The van der Waals surface area contributed by atoms with E-state index in [2.05, 4.69) is 4.72 Å². The van der Waals surface area contributed by atoms with Gasteiger partial charge in [-0.2, -0.15) is 0 Å². The Kier molecular flexibility index (Phi) is 5.28. The third-order valence-electron chi connectivity index (χ3n) is 2.43. The van der Waals surface area contributed by atoms with Crippen LogP contribution < -0.4 is 15.2 Å². The molecule has 0 aliphatic rings. The highest BCUT2D eigenvalue weighted by Gasteiger charge is 2.17. The van der Waals surface area contributed by atoms with Gasteiger partial charge >= 0.3 is 0 Å². The first kappa shape index (κ1) is 15.9. The number of ether oxygens (including phenoxy) is 1. The number of nitrogens with two attached hydrogens (primary N) is 1. The first-order chi connectivity index (χ1) is 8.77. The summed E-state index contributed by atoms with van der Waals surface area (Å²) in [6, 6.07) is 4.42. The third kappa shape index (κ3) is 4.15. The van der Waals surface area contributed by atoms with Gasteiger partial charge in [0, 0.05) is 6.54 Å². The number of thiocarbonyl (C=S) groups is 1. The number of benzene rings is 1. The molecule has 19 heavy (non-hydrogen) atoms. The minimum absolute atomic E-state index is 0.0951. The Bertz CT molecular complexity index is 568. The molecule has 0 spiro atoms. The van der Waals surface area contributed by atoms with Crippen molar-refractivity contribution in [2.24, 2.45) is 11.7 Å². The predicted octanol–water partition coefficient (Wildman–Crippen LogP) is 1.26. The summed E-state index contributed by atoms with van der Waals surface area (Å²) in [6.45, 7) is 4.23. The number of rotatable bonds is 6. The molecule has 0 aromatic heterocycles. The number of methoxy groups -OCH3 is 1. The van der Waals surface area contributed by atoms with Gasteiger partial charge in [0.1, 0.15) is 10.7 Å². The zero-order valence-electron chi connectivity index (χ0n) is 11.1. The van der Waals surface area contributed by atoms with E-state index in [9.17, 15) is 8.42 Å². The van der Waals surface area contributed by atoms with Crippen molar-refractivity contribution in [1.29, 1.82) is 0 Å². The molecule has 0 atom stereocenters. The van der Waals surface area contributed by atoms with Crippen LogP contribution in [0.25, 0.3) is 0 Å². The van der Waals surface area contributed by atoms with Gasteiger partial charge < -0.3 is 10.5 Å². The van der Waals surface area contributed by atoms with Crippen LogP contribution in [0.15, 0.2) is 23.1 Å². The Morgan fingerprint density at radius 3 is 2.58 bits per heavy atom. The van der Waals surface area contributed by atoms with Gasteiger partial charge in [-0.15, -0.1) is 0 Å². The van der Waals surface area contributed by atoms with E-state index in [1.165, 1.54) is 19.2 Å². The van der Waals surface area contributed by atoms with Crippen LogP contribution in [-0.2, 0) is 10.0 Å². The molecule has 0 aliphatic heterocycles.